The molecular weight excluding hydrogens is 272 g/mol. The van der Waals surface area contributed by atoms with E-state index in [-0.39, 0.29) is 7.56 Å². The Kier molecular flexibility index (Phi) is 4.31. The maximum atomic E-state index is 5.81. The molecule has 0 rings (SSSR count). The second kappa shape index (κ2) is 3.19. The van der Waals surface area contributed by atoms with Gasteiger partial charge in [-0.05, 0) is 0 Å². The summed E-state index contributed by atoms with van der Waals surface area (Å²) in [5.41, 5.74) is 0. The second-order valence-electron chi connectivity index (χ2n) is 1.42. The van der Waals surface area contributed by atoms with Crippen molar-refractivity contribution in [1.82, 2.24) is 0 Å². The molecule has 0 amide bonds. The van der Waals surface area contributed by atoms with E-state index in [0.29, 0.717) is 0 Å². The molecule has 0 saturated carbocycles. The Hall–Kier alpha value is 2.10. The van der Waals surface area contributed by atoms with Gasteiger partial charge in [0.25, 0.3) is 0 Å². The molecule has 0 aliphatic carbocycles. The molecule has 0 fully saturated rings. The summed E-state index contributed by atoms with van der Waals surface area (Å²) in [6, 6.07) is 0. The fourth-order valence-corrected chi connectivity index (χ4v) is 0. The van der Waals surface area contributed by atoms with E-state index < -0.39 is 4.73 Å². The molecule has 0 atom stereocenters. The van der Waals surface area contributed by atoms with Crippen LogP contribution in [0, 0.1) is 0 Å². The average molecular weight is 280 g/mol. The fourth-order valence-electron chi connectivity index (χ4n) is 0. The molecule has 0 aromatic heterocycles. The fraction of sp³-hybridized carbons (Fsp3) is 0. The van der Waals surface area contributed by atoms with Crippen LogP contribution in [0.15, 0.2) is 0 Å². The van der Waals surface area contributed by atoms with Gasteiger partial charge < -0.3 is 0 Å². The average Bonchev–Trinajstić information content (AvgIpc) is 1.35. The van der Waals surface area contributed by atoms with Crippen LogP contribution in [0.4, 0.5) is 0 Å². The van der Waals surface area contributed by atoms with Crippen LogP contribution in [-0.2, 0) is 0 Å². The molecule has 0 N–H and O–H groups in total. The SMILES string of the molecule is Cl[Si](Cl)([GeH3])[SiH2][GeH3]. The molecule has 0 aromatic carbocycles. The van der Waals surface area contributed by atoms with Gasteiger partial charge in [-0.1, -0.05) is 0 Å². The second-order valence-corrected chi connectivity index (χ2v) is 59.9. The van der Waals surface area contributed by atoms with Gasteiger partial charge in [0.05, 0.1) is 0 Å². The van der Waals surface area contributed by atoms with Gasteiger partial charge in [-0.15, -0.1) is 0 Å². The van der Waals surface area contributed by atoms with Gasteiger partial charge in [-0.3, -0.25) is 0 Å². The van der Waals surface area contributed by atoms with E-state index in [1.807, 2.05) is 0 Å². The summed E-state index contributed by atoms with van der Waals surface area (Å²) in [4.78, 5) is 0. The zero-order chi connectivity index (χ0) is 5.21. The van der Waals surface area contributed by atoms with Crippen molar-refractivity contribution in [3.05, 3.63) is 0 Å². The Morgan fingerprint density at radius 1 is 1.50 bits per heavy atom. The summed E-state index contributed by atoms with van der Waals surface area (Å²) in [7, 11) is 0.193. The van der Waals surface area contributed by atoms with Gasteiger partial charge in [-0.2, -0.15) is 0 Å². The Bertz CT molecular complexity index is 39.3. The van der Waals surface area contributed by atoms with Crippen molar-refractivity contribution in [2.45, 2.75) is 0 Å². The van der Waals surface area contributed by atoms with E-state index in [0.717, 1.165) is 31.7 Å². The zero-order valence-electron chi connectivity index (χ0n) is 3.96. The first-order valence-corrected chi connectivity index (χ1v) is 25.4. The molecule has 0 bridgehead atoms. The monoisotopic (exact) mass is 282 g/mol. The molecular formula is H8Cl2Ge2Si2. The number of rotatable bonds is 1. The summed E-state index contributed by atoms with van der Waals surface area (Å²) in [5, 5.41) is 0. The van der Waals surface area contributed by atoms with Gasteiger partial charge in [0.15, 0.2) is 0 Å². The molecule has 0 nitrogen and oxygen atoms in total. The maximum absolute atomic E-state index is 5.81. The number of hydrogen-bond acceptors (Lipinski definition) is 0. The first-order valence-electron chi connectivity index (χ1n) is 1.94. The van der Waals surface area contributed by atoms with Crippen molar-refractivity contribution in [2.24, 2.45) is 0 Å². The molecule has 0 saturated heterocycles. The van der Waals surface area contributed by atoms with Crippen molar-refractivity contribution in [3.8, 4) is 0 Å². The Morgan fingerprint density at radius 2 is 1.67 bits per heavy atom. The molecule has 6 heteroatoms. The van der Waals surface area contributed by atoms with E-state index in [9.17, 15) is 0 Å². The van der Waals surface area contributed by atoms with Gasteiger partial charge in [-0.25, -0.2) is 0 Å². The van der Waals surface area contributed by atoms with Gasteiger partial charge >= 0.3 is 66.2 Å². The van der Waals surface area contributed by atoms with Crippen molar-refractivity contribution < 1.29 is 0 Å². The normalized spacial score (nSPS) is 15.0. The van der Waals surface area contributed by atoms with Crippen LogP contribution in [0.3, 0.4) is 0 Å². The molecule has 38 valence electrons. The summed E-state index contributed by atoms with van der Waals surface area (Å²) >= 11 is 13.4. The van der Waals surface area contributed by atoms with Crippen molar-refractivity contribution in [3.63, 3.8) is 0 Å². The summed E-state index contributed by atoms with van der Waals surface area (Å²) in [6.07, 6.45) is 0. The third-order valence-electron chi connectivity index (χ3n) is 0.621. The van der Waals surface area contributed by atoms with Crippen molar-refractivity contribution in [2.75, 3.05) is 0 Å². The van der Waals surface area contributed by atoms with Gasteiger partial charge in [0, 0.05) is 0 Å². The van der Waals surface area contributed by atoms with Crippen LogP contribution in [0.2, 0.25) is 0 Å². The molecule has 0 heterocycles. The summed E-state index contributed by atoms with van der Waals surface area (Å²) in [6.45, 7) is 0. The standard InChI is InChI=1S/Cl2Ge2H8Si2/c1-6(2,4)5-3/h5H2,3-4H3. The van der Waals surface area contributed by atoms with Crippen LogP contribution in [0.25, 0.3) is 0 Å². The molecule has 6 heavy (non-hydrogen) atoms. The van der Waals surface area contributed by atoms with E-state index in [1.54, 1.807) is 0 Å². The minimum atomic E-state index is -1.28. The van der Waals surface area contributed by atoms with Crippen LogP contribution < -0.4 is 0 Å². The molecule has 0 unspecified atom stereocenters. The van der Waals surface area contributed by atoms with Crippen molar-refractivity contribution in [1.29, 1.82) is 0 Å². The Labute approximate surface area is 65.7 Å². The van der Waals surface area contributed by atoms with E-state index >= 15 is 0 Å². The Balaban J connectivity index is 3.17. The van der Waals surface area contributed by atoms with Crippen molar-refractivity contribution >= 4 is 66.2 Å². The molecule has 0 aliphatic heterocycles. The topological polar surface area (TPSA) is 0 Å². The predicted octanol–water partition coefficient (Wildman–Crippen LogP) is -2.29. The molecule has 0 aromatic rings. The number of halogens is 2. The first kappa shape index (κ1) is 8.10. The summed E-state index contributed by atoms with van der Waals surface area (Å²) in [5.74, 6) is 0. The van der Waals surface area contributed by atoms with E-state index in [1.165, 1.54) is 0 Å². The number of hydrogen-bond donors (Lipinski definition) is 0. The van der Waals surface area contributed by atoms with Gasteiger partial charge in [0.2, 0.25) is 0 Å². The third-order valence-corrected chi connectivity index (χ3v) is 123. The third kappa shape index (κ3) is 6.10. The molecule has 0 aliphatic rings. The van der Waals surface area contributed by atoms with E-state index in [4.69, 9.17) is 22.2 Å². The Morgan fingerprint density at radius 3 is 1.67 bits per heavy atom. The van der Waals surface area contributed by atoms with Gasteiger partial charge in [0.1, 0.15) is 0 Å². The minimum absolute atomic E-state index is 0.193. The first-order chi connectivity index (χ1) is 2.56. The zero-order valence-corrected chi connectivity index (χ0v) is 16.3. The van der Waals surface area contributed by atoms with Crippen LogP contribution in [0.1, 0.15) is 0 Å². The molecule has 0 spiro atoms. The van der Waals surface area contributed by atoms with Crippen LogP contribution in [0.5, 0.6) is 0 Å². The molecule has 0 radical (unpaired) electrons. The predicted molar refractivity (Wildman–Crippen MR) is 45.9 cm³/mol. The van der Waals surface area contributed by atoms with Crippen LogP contribution in [-0.4, -0.2) is 44.0 Å². The summed E-state index contributed by atoms with van der Waals surface area (Å²) < 4.78 is -1.28. The van der Waals surface area contributed by atoms with E-state index in [2.05, 4.69) is 0 Å². The quantitative estimate of drug-likeness (QED) is 0.375. The van der Waals surface area contributed by atoms with Crippen LogP contribution >= 0.6 is 22.2 Å².